The summed E-state index contributed by atoms with van der Waals surface area (Å²) in [5, 5.41) is 4.13. The zero-order valence-corrected chi connectivity index (χ0v) is 8.90. The summed E-state index contributed by atoms with van der Waals surface area (Å²) in [7, 11) is -4.39. The molecule has 2 rings (SSSR count). The first kappa shape index (κ1) is 10.7. The Bertz CT molecular complexity index is 665. The van der Waals surface area contributed by atoms with Crippen molar-refractivity contribution in [3.63, 3.8) is 0 Å². The van der Waals surface area contributed by atoms with Crippen molar-refractivity contribution in [2.75, 3.05) is 0 Å². The number of fused-ring (bicyclic) bond motifs is 1. The molecule has 0 bridgehead atoms. The molecular formula is C10H8N2O3S. The van der Waals surface area contributed by atoms with Gasteiger partial charge in [-0.15, -0.1) is 0 Å². The van der Waals surface area contributed by atoms with Crippen molar-refractivity contribution in [1.82, 2.24) is 0 Å². The van der Waals surface area contributed by atoms with Crippen LogP contribution in [0.15, 0.2) is 46.4 Å². The molecule has 0 aliphatic carbocycles. The maximum Gasteiger partial charge on any atom is 0.297 e. The Balaban J connectivity index is 3.01. The van der Waals surface area contributed by atoms with Crippen LogP contribution in [0.3, 0.4) is 0 Å². The zero-order valence-electron chi connectivity index (χ0n) is 8.08. The van der Waals surface area contributed by atoms with Gasteiger partial charge in [-0.1, -0.05) is 30.3 Å². The Kier molecular flexibility index (Phi) is 2.45. The normalized spacial score (nSPS) is 11.6. The van der Waals surface area contributed by atoms with E-state index < -0.39 is 10.1 Å². The number of hydrogen-bond donors (Lipinski definition) is 2. The SMILES string of the molecule is N=Nc1ccc2ccccc2c1S(=O)(=O)O. The van der Waals surface area contributed by atoms with Crippen LogP contribution in [-0.4, -0.2) is 13.0 Å². The summed E-state index contributed by atoms with van der Waals surface area (Å²) in [5.41, 5.74) is 6.82. The Morgan fingerprint density at radius 3 is 2.44 bits per heavy atom. The van der Waals surface area contributed by atoms with E-state index in [0.29, 0.717) is 10.8 Å². The lowest BCUT2D eigenvalue weighted by Gasteiger charge is -2.05. The van der Waals surface area contributed by atoms with Crippen molar-refractivity contribution >= 4 is 26.6 Å². The highest BCUT2D eigenvalue weighted by Gasteiger charge is 2.18. The van der Waals surface area contributed by atoms with E-state index in [-0.39, 0.29) is 10.6 Å². The molecule has 0 aliphatic rings. The van der Waals surface area contributed by atoms with Crippen molar-refractivity contribution in [3.8, 4) is 0 Å². The Hall–Kier alpha value is -1.79. The lowest BCUT2D eigenvalue weighted by molar-refractivity contribution is 0.484. The van der Waals surface area contributed by atoms with E-state index in [1.165, 1.54) is 6.07 Å². The second-order valence-corrected chi connectivity index (χ2v) is 4.58. The molecule has 2 N–H and O–H groups in total. The van der Waals surface area contributed by atoms with Gasteiger partial charge in [0.05, 0.1) is 0 Å². The van der Waals surface area contributed by atoms with Gasteiger partial charge >= 0.3 is 0 Å². The minimum absolute atomic E-state index is 0.0683. The van der Waals surface area contributed by atoms with Crippen LogP contribution >= 0.6 is 0 Å². The minimum Gasteiger partial charge on any atom is -0.282 e. The molecule has 0 atom stereocenters. The molecule has 0 radical (unpaired) electrons. The van der Waals surface area contributed by atoms with E-state index in [1.807, 2.05) is 0 Å². The summed E-state index contributed by atoms with van der Waals surface area (Å²) >= 11 is 0. The van der Waals surface area contributed by atoms with Gasteiger partial charge in [0.25, 0.3) is 10.1 Å². The van der Waals surface area contributed by atoms with Crippen molar-refractivity contribution < 1.29 is 13.0 Å². The number of hydrogen-bond acceptors (Lipinski definition) is 4. The van der Waals surface area contributed by atoms with Crippen LogP contribution in [-0.2, 0) is 10.1 Å². The molecule has 2 aromatic rings. The van der Waals surface area contributed by atoms with E-state index >= 15 is 0 Å². The number of rotatable bonds is 2. The molecule has 0 heterocycles. The fraction of sp³-hybridized carbons (Fsp3) is 0. The van der Waals surface area contributed by atoms with Crippen molar-refractivity contribution in [2.45, 2.75) is 4.90 Å². The molecule has 5 nitrogen and oxygen atoms in total. The van der Waals surface area contributed by atoms with Crippen molar-refractivity contribution in [1.29, 1.82) is 5.53 Å². The van der Waals surface area contributed by atoms with E-state index in [2.05, 4.69) is 5.11 Å². The van der Waals surface area contributed by atoms with E-state index in [4.69, 9.17) is 10.1 Å². The third-order valence-electron chi connectivity index (χ3n) is 2.24. The fourth-order valence-corrected chi connectivity index (χ4v) is 2.43. The topological polar surface area (TPSA) is 90.6 Å². The number of nitrogens with zero attached hydrogens (tertiary/aromatic N) is 1. The summed E-state index contributed by atoms with van der Waals surface area (Å²) in [4.78, 5) is -0.319. The molecule has 0 aromatic heterocycles. The van der Waals surface area contributed by atoms with Crippen molar-refractivity contribution in [2.24, 2.45) is 5.11 Å². The second kappa shape index (κ2) is 3.66. The van der Waals surface area contributed by atoms with E-state index in [1.54, 1.807) is 30.3 Å². The lowest BCUT2D eigenvalue weighted by Crippen LogP contribution is -1.99. The molecule has 0 fully saturated rings. The molecular weight excluding hydrogens is 228 g/mol. The summed E-state index contributed by atoms with van der Waals surface area (Å²) < 4.78 is 31.6. The zero-order chi connectivity index (χ0) is 11.8. The number of benzene rings is 2. The highest BCUT2D eigenvalue weighted by molar-refractivity contribution is 7.86. The Morgan fingerprint density at radius 1 is 1.12 bits per heavy atom. The van der Waals surface area contributed by atoms with Gasteiger partial charge in [-0.25, -0.2) is 5.53 Å². The largest absolute Gasteiger partial charge is 0.297 e. The second-order valence-electron chi connectivity index (χ2n) is 3.22. The van der Waals surface area contributed by atoms with Crippen LogP contribution in [0.25, 0.3) is 10.8 Å². The number of nitrogens with one attached hydrogen (secondary N) is 1. The van der Waals surface area contributed by atoms with Gasteiger partial charge in [-0.2, -0.15) is 13.5 Å². The third-order valence-corrected chi connectivity index (χ3v) is 3.18. The minimum atomic E-state index is -4.39. The molecule has 0 spiro atoms. The van der Waals surface area contributed by atoms with Gasteiger partial charge in [-0.3, -0.25) is 4.55 Å². The molecule has 2 aromatic carbocycles. The first-order valence-corrected chi connectivity index (χ1v) is 5.85. The molecule has 82 valence electrons. The van der Waals surface area contributed by atoms with Crippen LogP contribution < -0.4 is 0 Å². The van der Waals surface area contributed by atoms with Gasteiger partial charge in [0.2, 0.25) is 0 Å². The van der Waals surface area contributed by atoms with Crippen LogP contribution in [0.4, 0.5) is 5.69 Å². The molecule has 16 heavy (non-hydrogen) atoms. The molecule has 6 heteroatoms. The molecule has 0 unspecified atom stereocenters. The van der Waals surface area contributed by atoms with E-state index in [9.17, 15) is 8.42 Å². The standard InChI is InChI=1S/C10H8N2O3S/c11-12-9-6-5-7-3-1-2-4-8(7)10(9)16(13,14)15/h1-6,11H,(H,13,14,15). The van der Waals surface area contributed by atoms with Gasteiger partial charge in [-0.05, 0) is 11.5 Å². The third kappa shape index (κ3) is 1.68. The van der Waals surface area contributed by atoms with Crippen LogP contribution in [0.1, 0.15) is 0 Å². The molecule has 0 aliphatic heterocycles. The monoisotopic (exact) mass is 236 g/mol. The molecule has 0 saturated heterocycles. The molecule has 0 amide bonds. The predicted molar refractivity (Wildman–Crippen MR) is 58.6 cm³/mol. The summed E-state index contributed by atoms with van der Waals surface area (Å²) in [6.45, 7) is 0. The van der Waals surface area contributed by atoms with Gasteiger partial charge < -0.3 is 0 Å². The smallest absolute Gasteiger partial charge is 0.282 e. The average molecular weight is 236 g/mol. The van der Waals surface area contributed by atoms with Crippen molar-refractivity contribution in [3.05, 3.63) is 36.4 Å². The summed E-state index contributed by atoms with van der Waals surface area (Å²) in [6.07, 6.45) is 0. The predicted octanol–water partition coefficient (Wildman–Crippen LogP) is 2.75. The van der Waals surface area contributed by atoms with E-state index in [0.717, 1.165) is 0 Å². The summed E-state index contributed by atoms with van der Waals surface area (Å²) in [5.74, 6) is 0. The van der Waals surface area contributed by atoms with Crippen LogP contribution in [0.2, 0.25) is 0 Å². The van der Waals surface area contributed by atoms with Gasteiger partial charge in [0.1, 0.15) is 10.6 Å². The average Bonchev–Trinajstić information content (AvgIpc) is 2.26. The maximum atomic E-state index is 11.2. The highest BCUT2D eigenvalue weighted by Crippen LogP contribution is 2.31. The molecule has 0 saturated carbocycles. The van der Waals surface area contributed by atoms with Gasteiger partial charge in [0.15, 0.2) is 0 Å². The lowest BCUT2D eigenvalue weighted by atomic mass is 10.1. The first-order chi connectivity index (χ1) is 7.54. The first-order valence-electron chi connectivity index (χ1n) is 4.41. The Morgan fingerprint density at radius 2 is 1.81 bits per heavy atom. The summed E-state index contributed by atoms with van der Waals surface area (Å²) in [6, 6.07) is 9.74. The van der Waals surface area contributed by atoms with Crippen LogP contribution in [0.5, 0.6) is 0 Å². The Labute approximate surface area is 92.0 Å². The van der Waals surface area contributed by atoms with Gasteiger partial charge in [0, 0.05) is 5.39 Å². The maximum absolute atomic E-state index is 11.2. The van der Waals surface area contributed by atoms with Crippen LogP contribution in [0, 0.1) is 5.53 Å². The highest BCUT2D eigenvalue weighted by atomic mass is 32.2. The fourth-order valence-electron chi connectivity index (χ4n) is 1.59. The quantitative estimate of drug-likeness (QED) is 0.620.